The molecule has 0 saturated heterocycles. The molecule has 1 N–H and O–H groups in total. The van der Waals surface area contributed by atoms with Crippen LogP contribution in [0.2, 0.25) is 5.02 Å². The van der Waals surface area contributed by atoms with Gasteiger partial charge in [0, 0.05) is 17.1 Å². The summed E-state index contributed by atoms with van der Waals surface area (Å²) in [6, 6.07) is 4.65. The van der Waals surface area contributed by atoms with Crippen molar-refractivity contribution in [1.82, 2.24) is 9.88 Å². The van der Waals surface area contributed by atoms with Gasteiger partial charge in [0.05, 0.1) is 11.1 Å². The Morgan fingerprint density at radius 2 is 2.21 bits per heavy atom. The SMILES string of the molecule is Cc1ccc(S(=O)(=O)NCCc2cnoc2)cc1Cl. The summed E-state index contributed by atoms with van der Waals surface area (Å²) < 4.78 is 31.2. The third-order valence-corrected chi connectivity index (χ3v) is 4.51. The van der Waals surface area contributed by atoms with Crippen molar-refractivity contribution in [2.45, 2.75) is 18.2 Å². The quantitative estimate of drug-likeness (QED) is 0.918. The first-order valence-electron chi connectivity index (χ1n) is 5.63. The first kappa shape index (κ1) is 14.0. The van der Waals surface area contributed by atoms with E-state index in [0.717, 1.165) is 11.1 Å². The summed E-state index contributed by atoms with van der Waals surface area (Å²) in [6.07, 6.45) is 3.55. The van der Waals surface area contributed by atoms with Crippen LogP contribution in [0.15, 0.2) is 40.1 Å². The Morgan fingerprint density at radius 1 is 1.42 bits per heavy atom. The first-order chi connectivity index (χ1) is 8.99. The van der Waals surface area contributed by atoms with Crippen molar-refractivity contribution < 1.29 is 12.9 Å². The van der Waals surface area contributed by atoms with Gasteiger partial charge in [-0.2, -0.15) is 0 Å². The monoisotopic (exact) mass is 300 g/mol. The summed E-state index contributed by atoms with van der Waals surface area (Å²) in [5, 5.41) is 3.98. The molecule has 0 amide bonds. The Labute approximate surface area is 116 Å². The van der Waals surface area contributed by atoms with Gasteiger partial charge in [0.25, 0.3) is 0 Å². The molecule has 0 aliphatic heterocycles. The lowest BCUT2D eigenvalue weighted by molar-refractivity contribution is 0.419. The van der Waals surface area contributed by atoms with Crippen LogP contribution in [0.25, 0.3) is 0 Å². The van der Waals surface area contributed by atoms with E-state index in [1.54, 1.807) is 12.3 Å². The summed E-state index contributed by atoms with van der Waals surface area (Å²) in [6.45, 7) is 2.09. The van der Waals surface area contributed by atoms with Crippen LogP contribution in [0.4, 0.5) is 0 Å². The Bertz CT molecular complexity index is 654. The van der Waals surface area contributed by atoms with Gasteiger partial charge in [-0.1, -0.05) is 22.8 Å². The number of aryl methyl sites for hydroxylation is 1. The third-order valence-electron chi connectivity index (χ3n) is 2.64. The highest BCUT2D eigenvalue weighted by atomic mass is 35.5. The highest BCUT2D eigenvalue weighted by Crippen LogP contribution is 2.19. The van der Waals surface area contributed by atoms with E-state index in [1.807, 2.05) is 6.92 Å². The molecule has 1 aromatic heterocycles. The molecule has 0 saturated carbocycles. The normalized spacial score (nSPS) is 11.7. The second-order valence-corrected chi connectivity index (χ2v) is 6.27. The molecule has 1 heterocycles. The molecule has 0 bridgehead atoms. The van der Waals surface area contributed by atoms with Crippen molar-refractivity contribution in [2.75, 3.05) is 6.54 Å². The second kappa shape index (κ2) is 5.73. The van der Waals surface area contributed by atoms with Crippen molar-refractivity contribution in [2.24, 2.45) is 0 Å². The molecular formula is C12H13ClN2O3S. The van der Waals surface area contributed by atoms with Crippen LogP contribution in [0.1, 0.15) is 11.1 Å². The molecule has 19 heavy (non-hydrogen) atoms. The first-order valence-corrected chi connectivity index (χ1v) is 7.49. The van der Waals surface area contributed by atoms with Crippen LogP contribution >= 0.6 is 11.6 Å². The molecule has 5 nitrogen and oxygen atoms in total. The average molecular weight is 301 g/mol. The van der Waals surface area contributed by atoms with Gasteiger partial charge in [-0.05, 0) is 31.0 Å². The molecule has 0 aliphatic rings. The van der Waals surface area contributed by atoms with E-state index in [1.165, 1.54) is 18.4 Å². The number of aromatic nitrogens is 1. The minimum atomic E-state index is -3.54. The second-order valence-electron chi connectivity index (χ2n) is 4.09. The van der Waals surface area contributed by atoms with Gasteiger partial charge in [-0.3, -0.25) is 0 Å². The maximum absolute atomic E-state index is 12.0. The number of halogens is 1. The fraction of sp³-hybridized carbons (Fsp3) is 0.250. The summed E-state index contributed by atoms with van der Waals surface area (Å²) in [5.41, 5.74) is 1.68. The van der Waals surface area contributed by atoms with Gasteiger partial charge >= 0.3 is 0 Å². The third kappa shape index (κ3) is 3.56. The van der Waals surface area contributed by atoms with Gasteiger partial charge < -0.3 is 4.52 Å². The summed E-state index contributed by atoms with van der Waals surface area (Å²) in [7, 11) is -3.54. The van der Waals surface area contributed by atoms with Crippen LogP contribution in [0, 0.1) is 6.92 Å². The van der Waals surface area contributed by atoms with Crippen molar-refractivity contribution in [3.63, 3.8) is 0 Å². The summed E-state index contributed by atoms with van der Waals surface area (Å²) >= 11 is 5.92. The zero-order chi connectivity index (χ0) is 13.9. The molecule has 0 radical (unpaired) electrons. The van der Waals surface area contributed by atoms with E-state index in [2.05, 4.69) is 14.4 Å². The lowest BCUT2D eigenvalue weighted by atomic mass is 10.2. The van der Waals surface area contributed by atoms with Crippen LogP contribution in [0.5, 0.6) is 0 Å². The van der Waals surface area contributed by atoms with Crippen LogP contribution in [-0.2, 0) is 16.4 Å². The zero-order valence-electron chi connectivity index (χ0n) is 10.3. The minimum absolute atomic E-state index is 0.161. The smallest absolute Gasteiger partial charge is 0.240 e. The molecular weight excluding hydrogens is 288 g/mol. The lowest BCUT2D eigenvalue weighted by Gasteiger charge is -2.07. The highest BCUT2D eigenvalue weighted by Gasteiger charge is 2.14. The lowest BCUT2D eigenvalue weighted by Crippen LogP contribution is -2.25. The predicted octanol–water partition coefficient (Wildman–Crippen LogP) is 2.16. The molecule has 102 valence electrons. The number of hydrogen-bond acceptors (Lipinski definition) is 4. The number of rotatable bonds is 5. The fourth-order valence-corrected chi connectivity index (χ4v) is 2.81. The summed E-state index contributed by atoms with van der Waals surface area (Å²) in [5.74, 6) is 0. The topological polar surface area (TPSA) is 72.2 Å². The van der Waals surface area contributed by atoms with E-state index in [9.17, 15) is 8.42 Å². The molecule has 2 aromatic rings. The van der Waals surface area contributed by atoms with Gasteiger partial charge in [0.15, 0.2) is 0 Å². The van der Waals surface area contributed by atoms with Crippen LogP contribution in [0.3, 0.4) is 0 Å². The van der Waals surface area contributed by atoms with Gasteiger partial charge in [0.2, 0.25) is 10.0 Å². The standard InChI is InChI=1S/C12H13ClN2O3S/c1-9-2-3-11(6-12(9)13)19(16,17)15-5-4-10-7-14-18-8-10/h2-3,6-8,15H,4-5H2,1H3. The zero-order valence-corrected chi connectivity index (χ0v) is 11.8. The van der Waals surface area contributed by atoms with Gasteiger partial charge in [-0.15, -0.1) is 0 Å². The van der Waals surface area contributed by atoms with Crippen molar-refractivity contribution in [3.05, 3.63) is 46.8 Å². The largest absolute Gasteiger partial charge is 0.364 e. The van der Waals surface area contributed by atoms with E-state index in [4.69, 9.17) is 11.6 Å². The molecule has 0 unspecified atom stereocenters. The van der Waals surface area contributed by atoms with Crippen molar-refractivity contribution in [3.8, 4) is 0 Å². The van der Waals surface area contributed by atoms with Crippen LogP contribution < -0.4 is 4.72 Å². The van der Waals surface area contributed by atoms with E-state index >= 15 is 0 Å². The molecule has 7 heteroatoms. The number of sulfonamides is 1. The molecule has 0 spiro atoms. The molecule has 0 aliphatic carbocycles. The number of benzene rings is 1. The Kier molecular flexibility index (Phi) is 4.24. The summed E-state index contributed by atoms with van der Waals surface area (Å²) in [4.78, 5) is 0.161. The Hall–Kier alpha value is -1.37. The molecule has 2 rings (SSSR count). The predicted molar refractivity (Wildman–Crippen MR) is 71.6 cm³/mol. The van der Waals surface area contributed by atoms with Gasteiger partial charge in [-0.25, -0.2) is 13.1 Å². The van der Waals surface area contributed by atoms with Gasteiger partial charge in [0.1, 0.15) is 6.26 Å². The molecule has 1 aromatic carbocycles. The highest BCUT2D eigenvalue weighted by molar-refractivity contribution is 7.89. The Balaban J connectivity index is 2.03. The maximum atomic E-state index is 12.0. The minimum Gasteiger partial charge on any atom is -0.364 e. The fourth-order valence-electron chi connectivity index (χ4n) is 1.50. The van der Waals surface area contributed by atoms with E-state index in [-0.39, 0.29) is 11.4 Å². The van der Waals surface area contributed by atoms with Crippen molar-refractivity contribution >= 4 is 21.6 Å². The number of hydrogen-bond donors (Lipinski definition) is 1. The maximum Gasteiger partial charge on any atom is 0.240 e. The van der Waals surface area contributed by atoms with Crippen LogP contribution in [-0.4, -0.2) is 20.1 Å². The molecule has 0 atom stereocenters. The number of nitrogens with zero attached hydrogens (tertiary/aromatic N) is 1. The van der Waals surface area contributed by atoms with E-state index in [0.29, 0.717) is 11.4 Å². The Morgan fingerprint density at radius 3 is 2.84 bits per heavy atom. The van der Waals surface area contributed by atoms with Crippen molar-refractivity contribution in [1.29, 1.82) is 0 Å². The van der Waals surface area contributed by atoms with E-state index < -0.39 is 10.0 Å². The number of nitrogens with one attached hydrogen (secondary N) is 1. The average Bonchev–Trinajstić information content (AvgIpc) is 2.85. The molecule has 0 fully saturated rings.